The molecule has 0 radical (unpaired) electrons. The van der Waals surface area contributed by atoms with Crippen molar-refractivity contribution in [1.29, 1.82) is 0 Å². The molecule has 0 unspecified atom stereocenters. The van der Waals surface area contributed by atoms with Crippen molar-refractivity contribution in [2.24, 2.45) is 0 Å². The molecule has 0 spiro atoms. The van der Waals surface area contributed by atoms with E-state index >= 15 is 0 Å². The summed E-state index contributed by atoms with van der Waals surface area (Å²) in [6.07, 6.45) is 0.844. The van der Waals surface area contributed by atoms with Gasteiger partial charge in [-0.2, -0.15) is 11.3 Å². The Morgan fingerprint density at radius 3 is 2.95 bits per heavy atom. The molecule has 0 saturated carbocycles. The highest BCUT2D eigenvalue weighted by Gasteiger charge is 2.10. The fraction of sp³-hybridized carbons (Fsp3) is 0.214. The zero-order chi connectivity index (χ0) is 13.7. The summed E-state index contributed by atoms with van der Waals surface area (Å²) in [5.74, 6) is 0.576. The molecule has 5 heteroatoms. The molecule has 19 heavy (non-hydrogen) atoms. The Hall–Kier alpha value is -1.33. The second kappa shape index (κ2) is 6.73. The lowest BCUT2D eigenvalue weighted by Crippen LogP contribution is -2.25. The minimum atomic E-state index is -0.0963. The van der Waals surface area contributed by atoms with Gasteiger partial charge in [0, 0.05) is 11.0 Å². The number of ether oxygens (including phenoxy) is 1. The molecule has 1 N–H and O–H groups in total. The van der Waals surface area contributed by atoms with E-state index < -0.39 is 0 Å². The Labute approximate surface area is 124 Å². The lowest BCUT2D eigenvalue weighted by atomic mass is 10.2. The third-order valence-electron chi connectivity index (χ3n) is 2.70. The van der Waals surface area contributed by atoms with Crippen LogP contribution in [0.4, 0.5) is 0 Å². The molecule has 0 aliphatic carbocycles. The van der Waals surface area contributed by atoms with Gasteiger partial charge in [-0.05, 0) is 62.9 Å². The molecular formula is C14H14BrNO2S. The molecule has 1 aromatic heterocycles. The molecule has 100 valence electrons. The molecule has 0 fully saturated rings. The van der Waals surface area contributed by atoms with Crippen LogP contribution < -0.4 is 10.1 Å². The Morgan fingerprint density at radius 1 is 1.42 bits per heavy atom. The van der Waals surface area contributed by atoms with Gasteiger partial charge in [0.05, 0.1) is 12.7 Å². The molecule has 1 heterocycles. The van der Waals surface area contributed by atoms with Crippen LogP contribution in [0.3, 0.4) is 0 Å². The largest absolute Gasteiger partial charge is 0.497 e. The van der Waals surface area contributed by atoms with Crippen LogP contribution in [0.1, 0.15) is 15.9 Å². The van der Waals surface area contributed by atoms with Crippen molar-refractivity contribution >= 4 is 33.2 Å². The van der Waals surface area contributed by atoms with Crippen LogP contribution in [-0.2, 0) is 6.42 Å². The topological polar surface area (TPSA) is 38.3 Å². The predicted molar refractivity (Wildman–Crippen MR) is 81.1 cm³/mol. The molecule has 0 bridgehead atoms. The van der Waals surface area contributed by atoms with Crippen molar-refractivity contribution in [2.45, 2.75) is 6.42 Å². The van der Waals surface area contributed by atoms with E-state index in [1.54, 1.807) is 24.5 Å². The third kappa shape index (κ3) is 3.81. The van der Waals surface area contributed by atoms with E-state index in [0.717, 1.165) is 10.9 Å². The molecule has 2 rings (SSSR count). The normalized spacial score (nSPS) is 10.2. The number of halogens is 1. The van der Waals surface area contributed by atoms with Crippen molar-refractivity contribution < 1.29 is 9.53 Å². The average molecular weight is 340 g/mol. The number of methoxy groups -OCH3 is 1. The van der Waals surface area contributed by atoms with Gasteiger partial charge in [0.1, 0.15) is 5.75 Å². The lowest BCUT2D eigenvalue weighted by Gasteiger charge is -2.08. The van der Waals surface area contributed by atoms with E-state index in [2.05, 4.69) is 32.7 Å². The number of carbonyl (C=O) groups excluding carboxylic acids is 1. The van der Waals surface area contributed by atoms with Crippen LogP contribution in [0.25, 0.3) is 0 Å². The quantitative estimate of drug-likeness (QED) is 0.905. The summed E-state index contributed by atoms with van der Waals surface area (Å²) >= 11 is 5.04. The van der Waals surface area contributed by atoms with Crippen molar-refractivity contribution in [3.8, 4) is 5.75 Å². The van der Waals surface area contributed by atoms with Gasteiger partial charge in [0.15, 0.2) is 0 Å². The SMILES string of the molecule is COc1ccc(Br)c(C(=O)NCCc2ccsc2)c1. The minimum absolute atomic E-state index is 0.0963. The van der Waals surface area contributed by atoms with Crippen molar-refractivity contribution in [3.05, 3.63) is 50.6 Å². The van der Waals surface area contributed by atoms with Gasteiger partial charge >= 0.3 is 0 Å². The summed E-state index contributed by atoms with van der Waals surface area (Å²) < 4.78 is 5.89. The molecule has 2 aromatic rings. The van der Waals surface area contributed by atoms with Crippen LogP contribution in [-0.4, -0.2) is 19.6 Å². The number of rotatable bonds is 5. The van der Waals surface area contributed by atoms with Gasteiger partial charge in [-0.15, -0.1) is 0 Å². The maximum atomic E-state index is 12.1. The van der Waals surface area contributed by atoms with Gasteiger partial charge < -0.3 is 10.1 Å². The highest BCUT2D eigenvalue weighted by Crippen LogP contribution is 2.22. The second-order valence-electron chi connectivity index (χ2n) is 3.98. The minimum Gasteiger partial charge on any atom is -0.497 e. The number of amides is 1. The van der Waals surface area contributed by atoms with Crippen LogP contribution in [0.15, 0.2) is 39.5 Å². The van der Waals surface area contributed by atoms with Crippen molar-refractivity contribution in [1.82, 2.24) is 5.32 Å². The Balaban J connectivity index is 1.95. The lowest BCUT2D eigenvalue weighted by molar-refractivity contribution is 0.0953. The summed E-state index contributed by atoms with van der Waals surface area (Å²) in [4.78, 5) is 12.1. The Bertz CT molecular complexity index is 555. The summed E-state index contributed by atoms with van der Waals surface area (Å²) in [5.41, 5.74) is 1.83. The van der Waals surface area contributed by atoms with Crippen LogP contribution >= 0.6 is 27.3 Å². The summed E-state index contributed by atoms with van der Waals surface area (Å²) in [7, 11) is 1.58. The predicted octanol–water partition coefficient (Wildman–Crippen LogP) is 3.49. The highest BCUT2D eigenvalue weighted by molar-refractivity contribution is 9.10. The number of hydrogen-bond acceptors (Lipinski definition) is 3. The van der Waals surface area contributed by atoms with Crippen molar-refractivity contribution in [2.75, 3.05) is 13.7 Å². The Kier molecular flexibility index (Phi) is 4.99. The van der Waals surface area contributed by atoms with E-state index in [0.29, 0.717) is 17.9 Å². The molecule has 1 aromatic carbocycles. The second-order valence-corrected chi connectivity index (χ2v) is 5.62. The van der Waals surface area contributed by atoms with Crippen molar-refractivity contribution in [3.63, 3.8) is 0 Å². The number of hydrogen-bond donors (Lipinski definition) is 1. The first-order chi connectivity index (χ1) is 9.20. The Morgan fingerprint density at radius 2 is 2.26 bits per heavy atom. The van der Waals surface area contributed by atoms with Crippen LogP contribution in [0.2, 0.25) is 0 Å². The summed E-state index contributed by atoms with van der Waals surface area (Å²) in [6, 6.07) is 7.42. The average Bonchev–Trinajstić information content (AvgIpc) is 2.92. The van der Waals surface area contributed by atoms with Gasteiger partial charge in [0.25, 0.3) is 5.91 Å². The number of nitrogens with one attached hydrogen (secondary N) is 1. The number of benzene rings is 1. The molecule has 0 saturated heterocycles. The first kappa shape index (κ1) is 14.1. The first-order valence-electron chi connectivity index (χ1n) is 5.83. The molecule has 0 aliphatic heterocycles. The maximum Gasteiger partial charge on any atom is 0.252 e. The maximum absolute atomic E-state index is 12.1. The van der Waals surface area contributed by atoms with E-state index in [-0.39, 0.29) is 5.91 Å². The van der Waals surface area contributed by atoms with Gasteiger partial charge in [-0.3, -0.25) is 4.79 Å². The highest BCUT2D eigenvalue weighted by atomic mass is 79.9. The molecule has 0 atom stereocenters. The fourth-order valence-electron chi connectivity index (χ4n) is 1.66. The van der Waals surface area contributed by atoms with Gasteiger partial charge in [0.2, 0.25) is 0 Å². The third-order valence-corrected chi connectivity index (χ3v) is 4.12. The molecule has 3 nitrogen and oxygen atoms in total. The van der Waals surface area contributed by atoms with Gasteiger partial charge in [-0.25, -0.2) is 0 Å². The van der Waals surface area contributed by atoms with Gasteiger partial charge in [-0.1, -0.05) is 0 Å². The van der Waals surface area contributed by atoms with E-state index in [4.69, 9.17) is 4.74 Å². The zero-order valence-electron chi connectivity index (χ0n) is 10.5. The molecular weight excluding hydrogens is 326 g/mol. The smallest absolute Gasteiger partial charge is 0.252 e. The molecule has 0 aliphatic rings. The fourth-order valence-corrected chi connectivity index (χ4v) is 2.79. The van der Waals surface area contributed by atoms with E-state index in [9.17, 15) is 4.79 Å². The van der Waals surface area contributed by atoms with Crippen LogP contribution in [0.5, 0.6) is 5.75 Å². The monoisotopic (exact) mass is 339 g/mol. The van der Waals surface area contributed by atoms with Crippen LogP contribution in [0, 0.1) is 0 Å². The standard InChI is InChI=1S/C14H14BrNO2S/c1-18-11-2-3-13(15)12(8-11)14(17)16-6-4-10-5-7-19-9-10/h2-3,5,7-9H,4,6H2,1H3,(H,16,17). The summed E-state index contributed by atoms with van der Waals surface area (Å²) in [5, 5.41) is 7.04. The van der Waals surface area contributed by atoms with E-state index in [1.165, 1.54) is 5.56 Å². The summed E-state index contributed by atoms with van der Waals surface area (Å²) in [6.45, 7) is 0.624. The zero-order valence-corrected chi connectivity index (χ0v) is 12.9. The first-order valence-corrected chi connectivity index (χ1v) is 7.57. The number of thiophene rings is 1. The number of carbonyl (C=O) groups is 1. The molecule has 1 amide bonds. The van der Waals surface area contributed by atoms with E-state index in [1.807, 2.05) is 17.5 Å².